The van der Waals surface area contributed by atoms with Crippen molar-refractivity contribution in [3.05, 3.63) is 29.8 Å². The lowest BCUT2D eigenvalue weighted by atomic mass is 10.1. The normalized spacial score (nSPS) is 21.2. The van der Waals surface area contributed by atoms with Gasteiger partial charge in [-0.2, -0.15) is 4.31 Å². The maximum absolute atomic E-state index is 12.3. The minimum absolute atomic E-state index is 0.0395. The molecule has 1 aromatic rings. The van der Waals surface area contributed by atoms with Crippen LogP contribution in [-0.4, -0.2) is 48.1 Å². The number of nitrogens with zero attached hydrogens (tertiary/aromatic N) is 1. The van der Waals surface area contributed by atoms with E-state index in [0.717, 1.165) is 0 Å². The first-order chi connectivity index (χ1) is 8.91. The van der Waals surface area contributed by atoms with Gasteiger partial charge in [0.2, 0.25) is 10.0 Å². The van der Waals surface area contributed by atoms with Gasteiger partial charge in [0.05, 0.1) is 16.6 Å². The zero-order valence-electron chi connectivity index (χ0n) is 10.2. The number of hydrogen-bond acceptors (Lipinski definition) is 4. The van der Waals surface area contributed by atoms with Crippen molar-refractivity contribution in [1.29, 1.82) is 0 Å². The van der Waals surface area contributed by atoms with Gasteiger partial charge in [0, 0.05) is 13.1 Å². The summed E-state index contributed by atoms with van der Waals surface area (Å²) in [4.78, 5) is 10.8. The largest absolute Gasteiger partial charge is 0.478 e. The smallest absolute Gasteiger partial charge is 0.335 e. The molecular formula is C12H15NO5S. The highest BCUT2D eigenvalue weighted by Gasteiger charge is 2.29. The van der Waals surface area contributed by atoms with E-state index >= 15 is 0 Å². The van der Waals surface area contributed by atoms with Gasteiger partial charge in [-0.3, -0.25) is 0 Å². The van der Waals surface area contributed by atoms with Crippen molar-refractivity contribution < 1.29 is 23.4 Å². The Hall–Kier alpha value is -1.44. The molecule has 0 bridgehead atoms. The molecule has 1 aromatic carbocycles. The second kappa shape index (κ2) is 5.28. The van der Waals surface area contributed by atoms with Crippen molar-refractivity contribution >= 4 is 16.0 Å². The highest BCUT2D eigenvalue weighted by atomic mass is 32.2. The van der Waals surface area contributed by atoms with Crippen LogP contribution in [0.5, 0.6) is 0 Å². The number of sulfonamides is 1. The Morgan fingerprint density at radius 1 is 1.26 bits per heavy atom. The van der Waals surface area contributed by atoms with Crippen molar-refractivity contribution in [2.75, 3.05) is 13.1 Å². The molecule has 2 rings (SSSR count). The summed E-state index contributed by atoms with van der Waals surface area (Å²) in [5, 5.41) is 18.3. The summed E-state index contributed by atoms with van der Waals surface area (Å²) in [5.74, 6) is -1.10. The number of carbonyl (C=O) groups is 1. The van der Waals surface area contributed by atoms with Gasteiger partial charge in [-0.05, 0) is 37.1 Å². The van der Waals surface area contributed by atoms with Crippen molar-refractivity contribution in [3.63, 3.8) is 0 Å². The second-order valence-corrected chi connectivity index (χ2v) is 6.43. The van der Waals surface area contributed by atoms with Gasteiger partial charge in [0.15, 0.2) is 0 Å². The number of aromatic carboxylic acids is 1. The van der Waals surface area contributed by atoms with E-state index in [0.29, 0.717) is 19.4 Å². The number of piperidine rings is 1. The van der Waals surface area contributed by atoms with Gasteiger partial charge in [0.1, 0.15) is 0 Å². The Labute approximate surface area is 111 Å². The highest BCUT2D eigenvalue weighted by Crippen LogP contribution is 2.21. The molecule has 0 spiro atoms. The molecule has 0 saturated carbocycles. The third-order valence-corrected chi connectivity index (χ3v) is 4.98. The number of benzene rings is 1. The van der Waals surface area contributed by atoms with Crippen LogP contribution in [0.15, 0.2) is 29.2 Å². The van der Waals surface area contributed by atoms with E-state index in [1.165, 1.54) is 28.6 Å². The summed E-state index contributed by atoms with van der Waals surface area (Å²) in [6, 6.07) is 5.07. The molecule has 0 aromatic heterocycles. The van der Waals surface area contributed by atoms with Crippen LogP contribution in [0.4, 0.5) is 0 Å². The summed E-state index contributed by atoms with van der Waals surface area (Å²) >= 11 is 0. The van der Waals surface area contributed by atoms with Gasteiger partial charge in [-0.25, -0.2) is 13.2 Å². The van der Waals surface area contributed by atoms with Crippen LogP contribution in [0.3, 0.4) is 0 Å². The van der Waals surface area contributed by atoms with Crippen LogP contribution in [0.1, 0.15) is 23.2 Å². The molecular weight excluding hydrogens is 270 g/mol. The van der Waals surface area contributed by atoms with Gasteiger partial charge in [0.25, 0.3) is 0 Å². The van der Waals surface area contributed by atoms with Crippen molar-refractivity contribution in [2.45, 2.75) is 23.8 Å². The number of aliphatic hydroxyl groups is 1. The van der Waals surface area contributed by atoms with E-state index in [2.05, 4.69) is 0 Å². The van der Waals surface area contributed by atoms with E-state index < -0.39 is 22.1 Å². The SMILES string of the molecule is O=C(O)c1ccc(S(=O)(=O)N2CCC[C@H](O)C2)cc1. The molecule has 1 aliphatic heterocycles. The number of rotatable bonds is 3. The molecule has 1 fully saturated rings. The molecule has 0 aliphatic carbocycles. The maximum Gasteiger partial charge on any atom is 0.335 e. The average molecular weight is 285 g/mol. The molecule has 2 N–H and O–H groups in total. The molecule has 6 nitrogen and oxygen atoms in total. The molecule has 1 heterocycles. The molecule has 0 unspecified atom stereocenters. The standard InChI is InChI=1S/C12H15NO5S/c14-10-2-1-7-13(8-10)19(17,18)11-5-3-9(4-6-11)12(15)16/h3-6,10,14H,1-2,7-8H2,(H,15,16)/t10-/m0/s1. The van der Waals surface area contributed by atoms with E-state index in [-0.39, 0.29) is 17.0 Å². The molecule has 19 heavy (non-hydrogen) atoms. The van der Waals surface area contributed by atoms with Gasteiger partial charge < -0.3 is 10.2 Å². The molecule has 104 valence electrons. The molecule has 0 amide bonds. The predicted octanol–water partition coefficient (Wildman–Crippen LogP) is 0.530. The summed E-state index contributed by atoms with van der Waals surface area (Å²) in [5.41, 5.74) is 0.0395. The van der Waals surface area contributed by atoms with Crippen molar-refractivity contribution in [3.8, 4) is 0 Å². The number of aliphatic hydroxyl groups excluding tert-OH is 1. The molecule has 1 saturated heterocycles. The zero-order valence-corrected chi connectivity index (χ0v) is 11.0. The molecule has 0 radical (unpaired) electrons. The Morgan fingerprint density at radius 3 is 2.42 bits per heavy atom. The highest BCUT2D eigenvalue weighted by molar-refractivity contribution is 7.89. The Bertz CT molecular complexity index is 566. The summed E-state index contributed by atoms with van der Waals surface area (Å²) in [6.07, 6.45) is 0.583. The van der Waals surface area contributed by atoms with E-state index in [4.69, 9.17) is 5.11 Å². The third-order valence-electron chi connectivity index (χ3n) is 3.10. The van der Waals surface area contributed by atoms with Gasteiger partial charge in [-0.1, -0.05) is 0 Å². The number of carboxylic acid groups (broad SMARTS) is 1. The Balaban J connectivity index is 2.26. The zero-order chi connectivity index (χ0) is 14.0. The van der Waals surface area contributed by atoms with Crippen LogP contribution in [-0.2, 0) is 10.0 Å². The van der Waals surface area contributed by atoms with Crippen LogP contribution < -0.4 is 0 Å². The van der Waals surface area contributed by atoms with E-state index in [1.54, 1.807) is 0 Å². The summed E-state index contributed by atoms with van der Waals surface area (Å²) < 4.78 is 25.8. The fourth-order valence-electron chi connectivity index (χ4n) is 2.06. The van der Waals surface area contributed by atoms with Gasteiger partial charge >= 0.3 is 5.97 Å². The minimum Gasteiger partial charge on any atom is -0.478 e. The van der Waals surface area contributed by atoms with Crippen LogP contribution in [0.25, 0.3) is 0 Å². The van der Waals surface area contributed by atoms with E-state index in [1.807, 2.05) is 0 Å². The first-order valence-corrected chi connectivity index (χ1v) is 7.37. The van der Waals surface area contributed by atoms with Crippen LogP contribution in [0.2, 0.25) is 0 Å². The van der Waals surface area contributed by atoms with E-state index in [9.17, 15) is 18.3 Å². The minimum atomic E-state index is -3.66. The van der Waals surface area contributed by atoms with Crippen molar-refractivity contribution in [1.82, 2.24) is 4.31 Å². The topological polar surface area (TPSA) is 94.9 Å². The van der Waals surface area contributed by atoms with Crippen molar-refractivity contribution in [2.24, 2.45) is 0 Å². The summed E-state index contributed by atoms with van der Waals surface area (Å²) in [6.45, 7) is 0.461. The number of hydrogen-bond donors (Lipinski definition) is 2. The predicted molar refractivity (Wildman–Crippen MR) is 67.4 cm³/mol. The Kier molecular flexibility index (Phi) is 3.88. The fourth-order valence-corrected chi connectivity index (χ4v) is 3.57. The quantitative estimate of drug-likeness (QED) is 0.844. The van der Waals surface area contributed by atoms with Crippen LogP contribution >= 0.6 is 0 Å². The van der Waals surface area contributed by atoms with Crippen LogP contribution in [0, 0.1) is 0 Å². The molecule has 7 heteroatoms. The number of β-amino-alcohol motifs (C(OH)–C–C–N with tert-alkyl or cyclic N) is 1. The first kappa shape index (κ1) is 14.0. The third kappa shape index (κ3) is 2.94. The summed E-state index contributed by atoms with van der Waals surface area (Å²) in [7, 11) is -3.66. The first-order valence-electron chi connectivity index (χ1n) is 5.93. The fraction of sp³-hybridized carbons (Fsp3) is 0.417. The molecule has 1 aliphatic rings. The lowest BCUT2D eigenvalue weighted by Gasteiger charge is -2.29. The second-order valence-electron chi connectivity index (χ2n) is 4.49. The number of carboxylic acids is 1. The lowest BCUT2D eigenvalue weighted by Crippen LogP contribution is -2.42. The monoisotopic (exact) mass is 285 g/mol. The maximum atomic E-state index is 12.3. The average Bonchev–Trinajstić information content (AvgIpc) is 2.39. The lowest BCUT2D eigenvalue weighted by molar-refractivity contribution is 0.0696. The van der Waals surface area contributed by atoms with Gasteiger partial charge in [-0.15, -0.1) is 0 Å². The Morgan fingerprint density at radius 2 is 1.89 bits per heavy atom. The molecule has 1 atom stereocenters.